The average molecular weight is 1420 g/mol. The van der Waals surface area contributed by atoms with Crippen LogP contribution >= 0.6 is 22.6 Å². The number of aliphatic imine (C=N–C) groups is 2. The van der Waals surface area contributed by atoms with Gasteiger partial charge in [0.2, 0.25) is 41.7 Å². The summed E-state index contributed by atoms with van der Waals surface area (Å²) in [4.78, 5) is 96.3. The minimum atomic E-state index is -2.35. The highest BCUT2D eigenvalue weighted by Crippen LogP contribution is 2.34. The van der Waals surface area contributed by atoms with Crippen molar-refractivity contribution in [2.75, 3.05) is 46.1 Å². The molecule has 510 valence electrons. The SMILES string of the molecule is C[C@@H](c1ccccc1)[C@@H]1NC(=O)CNC(=O)[C@H](CO)NC(=O)[C@@H]([C@@H](O)[C@@H]2CN=C(N)N2[C@H]2O[C@H](CO)[C@@H](O)[C@H](O)[C@@H]2O)NC(=O)[C@H]([C@@H](O)[C@@H]2CN=C(N)N2)NC(=O)[C@@H](Cc2ccc(O[C@H]3O[C@H](CO)[C@@H](O[C@H]4O[C@H](CO)[C@@H](O)[C@H](O)[C@@H]4O)[C@H](O)[C@@H]3O)c(I)c2)NC1=O. The molecule has 0 radical (unpaired) electrons. The van der Waals surface area contributed by atoms with Gasteiger partial charge in [0.05, 0.1) is 61.7 Å². The number of rotatable bonds is 17. The standard InChI is InChI=1S/C54H77IN12O25/c1-18(20-5-3-2-4-6-20)31-47(85)61-22(10-19-7-8-26(21(55)9-19)89-51-43(82)40(79)44(29(17-71)91-51)92-52-42(81)39(78)37(76)28(16-70)90-52)46(84)65-32(34(73)23-11-59-53(56)63-23)49(87)66-33(48(86)62-24(14-68)45(83)58-13-30(72)64-31)35(74)25-12-60-54(57)67(25)50-41(80)38(77)36(75)27(15-69)88-50/h2-9,18,22-25,27-29,31-44,50-52,68-71,73-82H,10-17H2,1H3,(H2,57,60)(H,58,83)(H,61,85)(H,62,86)(H,64,72)(H,65,84)(H,66,87)(H3,56,59,63)/t18-,22+,23-,24-,25-,27+,28+,29+,31-,32-,33+,34-,35-,36+,37+,38-,39-,40+,41-,42-,43-,44+,50-,51-,52+/m0/s1. The lowest BCUT2D eigenvalue weighted by atomic mass is 9.92. The van der Waals surface area contributed by atoms with Crippen LogP contribution in [0.5, 0.6) is 5.75 Å². The summed E-state index contributed by atoms with van der Waals surface area (Å²) < 4.78 is 28.7. The van der Waals surface area contributed by atoms with Crippen LogP contribution in [0, 0.1) is 3.57 Å². The van der Waals surface area contributed by atoms with E-state index in [1.165, 1.54) is 18.2 Å². The Morgan fingerprint density at radius 3 is 1.83 bits per heavy atom. The van der Waals surface area contributed by atoms with Gasteiger partial charge in [0.15, 0.2) is 24.4 Å². The smallest absolute Gasteiger partial charge is 0.246 e. The maximum atomic E-state index is 15.2. The molecule has 0 aliphatic carbocycles. The Bertz CT molecular complexity index is 2980. The van der Waals surface area contributed by atoms with E-state index in [4.69, 9.17) is 35.2 Å². The molecule has 4 saturated heterocycles. The first kappa shape index (κ1) is 71.5. The summed E-state index contributed by atoms with van der Waals surface area (Å²) >= 11 is 1.80. The monoisotopic (exact) mass is 1420 g/mol. The Hall–Kier alpha value is -6.39. The van der Waals surface area contributed by atoms with Gasteiger partial charge >= 0.3 is 0 Å². The number of nitrogens with zero attached hydrogens (tertiary/aromatic N) is 3. The minimum Gasteiger partial charge on any atom is -0.461 e. The van der Waals surface area contributed by atoms with E-state index in [0.717, 1.165) is 4.90 Å². The predicted octanol–water partition coefficient (Wildman–Crippen LogP) is -13.0. The van der Waals surface area contributed by atoms with Gasteiger partial charge in [-0.3, -0.25) is 38.8 Å². The van der Waals surface area contributed by atoms with Crippen molar-refractivity contribution in [1.29, 1.82) is 0 Å². The summed E-state index contributed by atoms with van der Waals surface area (Å²) in [5, 5.41) is 168. The third-order valence-corrected chi connectivity index (χ3v) is 17.4. The zero-order valence-corrected chi connectivity index (χ0v) is 51.0. The van der Waals surface area contributed by atoms with Gasteiger partial charge in [-0.25, -0.2) is 0 Å². The summed E-state index contributed by atoms with van der Waals surface area (Å²) in [6, 6.07) is -0.397. The van der Waals surface area contributed by atoms with Crippen LogP contribution in [0.2, 0.25) is 0 Å². The molecule has 6 aliphatic heterocycles. The van der Waals surface area contributed by atoms with Gasteiger partial charge in [-0.05, 0) is 45.9 Å². The third kappa shape index (κ3) is 15.9. The number of halogens is 1. The molecule has 0 unspecified atom stereocenters. The first-order valence-corrected chi connectivity index (χ1v) is 30.1. The summed E-state index contributed by atoms with van der Waals surface area (Å²) in [6.07, 6.45) is -31.8. The number of benzene rings is 2. The van der Waals surface area contributed by atoms with Crippen LogP contribution in [-0.2, 0) is 54.1 Å². The van der Waals surface area contributed by atoms with Crippen molar-refractivity contribution in [1.82, 2.24) is 42.1 Å². The highest BCUT2D eigenvalue weighted by Gasteiger charge is 2.54. The van der Waals surface area contributed by atoms with Crippen LogP contribution < -0.4 is 53.4 Å². The number of nitrogens with one attached hydrogen (secondary N) is 7. The van der Waals surface area contributed by atoms with E-state index in [1.54, 1.807) is 59.8 Å². The molecule has 2 aromatic carbocycles. The Morgan fingerprint density at radius 2 is 1.20 bits per heavy atom. The fourth-order valence-corrected chi connectivity index (χ4v) is 12.0. The Labute approximate surface area is 536 Å². The van der Waals surface area contributed by atoms with E-state index in [2.05, 4.69) is 47.2 Å². The number of hydrogen-bond acceptors (Lipinski definition) is 31. The lowest BCUT2D eigenvalue weighted by Gasteiger charge is -2.46. The van der Waals surface area contributed by atoms with Crippen LogP contribution in [0.25, 0.3) is 0 Å². The maximum absolute atomic E-state index is 15.2. The molecule has 25 atom stereocenters. The van der Waals surface area contributed by atoms with Gasteiger partial charge in [0.25, 0.3) is 0 Å². The zero-order chi connectivity index (χ0) is 67.2. The van der Waals surface area contributed by atoms with Crippen molar-refractivity contribution in [2.24, 2.45) is 21.5 Å². The van der Waals surface area contributed by atoms with Gasteiger partial charge in [0.1, 0.15) is 121 Å². The Kier molecular flexibility index (Phi) is 24.3. The number of aliphatic hydroxyl groups excluding tert-OH is 14. The largest absolute Gasteiger partial charge is 0.461 e. The van der Waals surface area contributed by atoms with Gasteiger partial charge < -0.3 is 149 Å². The molecule has 6 aliphatic rings. The molecule has 0 aromatic heterocycles. The van der Waals surface area contributed by atoms with Gasteiger partial charge in [-0.2, -0.15) is 0 Å². The van der Waals surface area contributed by atoms with E-state index in [-0.39, 0.29) is 27.4 Å². The first-order valence-electron chi connectivity index (χ1n) is 29.0. The highest BCUT2D eigenvalue weighted by atomic mass is 127. The number of carbonyl (C=O) groups is 6. The fraction of sp³-hybridized carbons (Fsp3) is 0.630. The second kappa shape index (κ2) is 31.2. The maximum Gasteiger partial charge on any atom is 0.246 e. The lowest BCUT2D eigenvalue weighted by molar-refractivity contribution is -0.352. The normalized spacial score (nSPS) is 37.3. The van der Waals surface area contributed by atoms with Crippen molar-refractivity contribution < 1.29 is 124 Å². The number of hydrogen-bond donors (Lipinski definition) is 23. The number of amides is 6. The predicted molar refractivity (Wildman–Crippen MR) is 316 cm³/mol. The Morgan fingerprint density at radius 1 is 0.609 bits per heavy atom. The zero-order valence-electron chi connectivity index (χ0n) is 48.8. The second-order valence-corrected chi connectivity index (χ2v) is 23.8. The van der Waals surface area contributed by atoms with E-state index in [0.29, 0.717) is 5.56 Å². The van der Waals surface area contributed by atoms with Crippen molar-refractivity contribution >= 4 is 70.0 Å². The molecular weight excluding hydrogens is 1340 g/mol. The summed E-state index contributed by atoms with van der Waals surface area (Å²) in [5.41, 5.74) is 12.8. The molecule has 6 amide bonds. The molecule has 92 heavy (non-hydrogen) atoms. The molecule has 38 heteroatoms. The van der Waals surface area contributed by atoms with Gasteiger partial charge in [-0.1, -0.05) is 43.3 Å². The lowest BCUT2D eigenvalue weighted by Crippen LogP contribution is -2.70. The number of carbonyl (C=O) groups excluding carboxylic acids is 6. The van der Waals surface area contributed by atoms with E-state index >= 15 is 9.59 Å². The van der Waals surface area contributed by atoms with E-state index in [1.807, 2.05) is 0 Å². The molecule has 25 N–H and O–H groups in total. The summed E-state index contributed by atoms with van der Waals surface area (Å²) in [5.74, 6) is -8.98. The second-order valence-electron chi connectivity index (χ2n) is 22.7. The van der Waals surface area contributed by atoms with E-state index in [9.17, 15) is 90.7 Å². The average Bonchev–Trinajstić information content (AvgIpc) is 1.43. The molecule has 2 aromatic rings. The molecule has 4 fully saturated rings. The number of nitrogens with two attached hydrogens (primary N) is 2. The molecule has 0 saturated carbocycles. The minimum absolute atomic E-state index is 0.0417. The molecule has 0 bridgehead atoms. The number of guanidine groups is 2. The van der Waals surface area contributed by atoms with Crippen LogP contribution in [-0.4, -0.2) is 316 Å². The molecule has 6 heterocycles. The topological polar surface area (TPSA) is 596 Å². The third-order valence-electron chi connectivity index (χ3n) is 16.6. The highest BCUT2D eigenvalue weighted by molar-refractivity contribution is 14.1. The van der Waals surface area contributed by atoms with Crippen molar-refractivity contribution in [3.05, 3.63) is 63.2 Å². The van der Waals surface area contributed by atoms with Crippen molar-refractivity contribution in [3.8, 4) is 5.75 Å². The summed E-state index contributed by atoms with van der Waals surface area (Å²) in [6.45, 7) is -3.98. The van der Waals surface area contributed by atoms with Crippen LogP contribution in [0.3, 0.4) is 0 Å². The molecule has 8 rings (SSSR count). The van der Waals surface area contributed by atoms with Gasteiger partial charge in [0, 0.05) is 12.3 Å². The van der Waals surface area contributed by atoms with Gasteiger partial charge in [-0.15, -0.1) is 0 Å². The van der Waals surface area contributed by atoms with Crippen LogP contribution in [0.1, 0.15) is 24.0 Å². The van der Waals surface area contributed by atoms with E-state index < -0.39 is 240 Å². The van der Waals surface area contributed by atoms with Crippen molar-refractivity contribution in [2.45, 2.75) is 166 Å². The number of aliphatic hydroxyl groups is 14. The summed E-state index contributed by atoms with van der Waals surface area (Å²) in [7, 11) is 0. The van der Waals surface area contributed by atoms with Crippen molar-refractivity contribution in [3.63, 3.8) is 0 Å². The molecule has 37 nitrogen and oxygen atoms in total. The van der Waals surface area contributed by atoms with Crippen LogP contribution in [0.4, 0.5) is 0 Å². The molecule has 0 spiro atoms. The number of ether oxygens (including phenoxy) is 5. The van der Waals surface area contributed by atoms with Crippen LogP contribution in [0.15, 0.2) is 58.5 Å². The molecular formula is C54H77IN12O25. The first-order chi connectivity index (χ1) is 43.7. The Balaban J connectivity index is 1.12. The quantitative estimate of drug-likeness (QED) is 0.0654. The fourth-order valence-electron chi connectivity index (χ4n) is 11.3.